The smallest absolute Gasteiger partial charge is 0.221 e. The summed E-state index contributed by atoms with van der Waals surface area (Å²) >= 11 is 1.69. The number of piperidine rings is 1. The lowest BCUT2D eigenvalue weighted by atomic mass is 9.90. The molecule has 0 saturated carbocycles. The highest BCUT2D eigenvalue weighted by molar-refractivity contribution is 7.16. The first-order chi connectivity index (χ1) is 12.4. The van der Waals surface area contributed by atoms with Crippen molar-refractivity contribution in [2.24, 2.45) is 5.92 Å². The molecule has 1 saturated heterocycles. The topological polar surface area (TPSA) is 45.2 Å². The van der Waals surface area contributed by atoms with Crippen molar-refractivity contribution in [3.8, 4) is 0 Å². The van der Waals surface area contributed by atoms with E-state index in [9.17, 15) is 4.79 Å². The summed E-state index contributed by atoms with van der Waals surface area (Å²) in [5.41, 5.74) is 3.65. The van der Waals surface area contributed by atoms with E-state index in [1.165, 1.54) is 23.3 Å². The van der Waals surface area contributed by atoms with Crippen LogP contribution in [0.5, 0.6) is 0 Å². The minimum Gasteiger partial charge on any atom is -0.318 e. The van der Waals surface area contributed by atoms with Crippen molar-refractivity contribution in [3.63, 3.8) is 0 Å². The third-order valence-corrected chi connectivity index (χ3v) is 6.27. The number of carbonyl (C=O) groups is 1. The second-order valence-electron chi connectivity index (χ2n) is 7.52. The van der Waals surface area contributed by atoms with E-state index in [1.54, 1.807) is 18.3 Å². The number of pyridine rings is 1. The maximum absolute atomic E-state index is 11.2. The summed E-state index contributed by atoms with van der Waals surface area (Å²) in [6.45, 7) is 10.3. The number of aryl methyl sites for hydroxylation is 2. The molecule has 1 amide bonds. The molecule has 3 heterocycles. The summed E-state index contributed by atoms with van der Waals surface area (Å²) in [4.78, 5) is 19.7. The number of aromatic nitrogens is 1. The van der Waals surface area contributed by atoms with Crippen molar-refractivity contribution in [2.75, 3.05) is 18.4 Å². The van der Waals surface area contributed by atoms with Crippen molar-refractivity contribution in [1.29, 1.82) is 0 Å². The lowest BCUT2D eigenvalue weighted by molar-refractivity contribution is -0.114. The third kappa shape index (κ3) is 4.92. The van der Waals surface area contributed by atoms with Gasteiger partial charge in [-0.1, -0.05) is 0 Å². The second kappa shape index (κ2) is 8.31. The number of nitrogens with one attached hydrogen (secondary N) is 1. The van der Waals surface area contributed by atoms with Crippen molar-refractivity contribution < 1.29 is 4.79 Å². The van der Waals surface area contributed by atoms with Gasteiger partial charge in [0.1, 0.15) is 0 Å². The predicted molar refractivity (Wildman–Crippen MR) is 109 cm³/mol. The summed E-state index contributed by atoms with van der Waals surface area (Å²) in [6, 6.07) is 9.02. The zero-order valence-electron chi connectivity index (χ0n) is 16.2. The number of nitrogens with zero attached hydrogens (tertiary/aromatic N) is 2. The van der Waals surface area contributed by atoms with Gasteiger partial charge in [0, 0.05) is 35.8 Å². The Morgan fingerprint density at radius 3 is 2.77 bits per heavy atom. The Morgan fingerprint density at radius 1 is 1.35 bits per heavy atom. The molecule has 0 aliphatic carbocycles. The van der Waals surface area contributed by atoms with Crippen LogP contribution in [0.3, 0.4) is 0 Å². The predicted octanol–water partition coefficient (Wildman–Crippen LogP) is 4.73. The molecule has 3 rings (SSSR count). The fraction of sp³-hybridized carbons (Fsp3) is 0.524. The highest BCUT2D eigenvalue weighted by Crippen LogP contribution is 2.33. The Hall–Kier alpha value is -1.72. The van der Waals surface area contributed by atoms with Gasteiger partial charge in [-0.25, -0.2) is 0 Å². The Balaban J connectivity index is 1.63. The average Bonchev–Trinajstić information content (AvgIpc) is 3.01. The van der Waals surface area contributed by atoms with Crippen LogP contribution >= 0.6 is 11.3 Å². The lowest BCUT2D eigenvalue weighted by Crippen LogP contribution is -2.37. The molecule has 1 aliphatic heterocycles. The summed E-state index contributed by atoms with van der Waals surface area (Å²) in [5, 5.41) is 3.83. The van der Waals surface area contributed by atoms with Crippen LogP contribution < -0.4 is 5.32 Å². The molecule has 5 heteroatoms. The molecule has 0 bridgehead atoms. The SMILES string of the molecule is CC(=O)Nc1ccc(C(C)N2CCC[C@H](Cc3cc(C)nc(C)c3)C2)s1. The van der Waals surface area contributed by atoms with Gasteiger partial charge in [-0.05, 0) is 82.3 Å². The van der Waals surface area contributed by atoms with E-state index >= 15 is 0 Å². The number of hydrogen-bond donors (Lipinski definition) is 1. The van der Waals surface area contributed by atoms with Crippen LogP contribution in [0.1, 0.15) is 54.6 Å². The molecule has 1 fully saturated rings. The van der Waals surface area contributed by atoms with Gasteiger partial charge in [-0.2, -0.15) is 0 Å². The molecule has 1 aliphatic rings. The first-order valence-corrected chi connectivity index (χ1v) is 10.3. The fourth-order valence-electron chi connectivity index (χ4n) is 3.99. The minimum atomic E-state index is -0.00738. The number of carbonyl (C=O) groups excluding carboxylic acids is 1. The highest BCUT2D eigenvalue weighted by atomic mass is 32.1. The lowest BCUT2D eigenvalue weighted by Gasteiger charge is -2.36. The molecule has 4 nitrogen and oxygen atoms in total. The molecule has 2 aromatic rings. The largest absolute Gasteiger partial charge is 0.318 e. The zero-order chi connectivity index (χ0) is 18.7. The highest BCUT2D eigenvalue weighted by Gasteiger charge is 2.25. The van der Waals surface area contributed by atoms with Crippen LogP contribution in [-0.2, 0) is 11.2 Å². The monoisotopic (exact) mass is 371 g/mol. The zero-order valence-corrected chi connectivity index (χ0v) is 17.0. The van der Waals surface area contributed by atoms with Crippen molar-refractivity contribution >= 4 is 22.2 Å². The standard InChI is InChI=1S/C21H29N3OS/c1-14-10-19(11-15(2)22-14)12-18-6-5-9-24(13-18)16(3)20-7-8-21(26-20)23-17(4)25/h7-8,10-11,16,18H,5-6,9,12-13H2,1-4H3,(H,23,25)/t16?,18-/m1/s1. The Morgan fingerprint density at radius 2 is 2.08 bits per heavy atom. The maximum atomic E-state index is 11.2. The summed E-state index contributed by atoms with van der Waals surface area (Å²) in [7, 11) is 0. The molecule has 1 unspecified atom stereocenters. The van der Waals surface area contributed by atoms with E-state index in [0.29, 0.717) is 12.0 Å². The molecule has 1 N–H and O–H groups in total. The van der Waals surface area contributed by atoms with E-state index < -0.39 is 0 Å². The molecule has 0 spiro atoms. The first kappa shape index (κ1) is 19.1. The Kier molecular flexibility index (Phi) is 6.09. The van der Waals surface area contributed by atoms with Crippen molar-refractivity contribution in [3.05, 3.63) is 46.1 Å². The van der Waals surface area contributed by atoms with Gasteiger partial charge in [0.15, 0.2) is 0 Å². The second-order valence-corrected chi connectivity index (χ2v) is 8.64. The van der Waals surface area contributed by atoms with Crippen LogP contribution in [0.2, 0.25) is 0 Å². The average molecular weight is 372 g/mol. The maximum Gasteiger partial charge on any atom is 0.221 e. The number of thiophene rings is 1. The molecule has 140 valence electrons. The van der Waals surface area contributed by atoms with E-state index in [0.717, 1.165) is 35.9 Å². The van der Waals surface area contributed by atoms with Crippen LogP contribution in [0.25, 0.3) is 0 Å². The van der Waals surface area contributed by atoms with Crippen LogP contribution in [0.4, 0.5) is 5.00 Å². The van der Waals surface area contributed by atoms with Crippen molar-refractivity contribution in [1.82, 2.24) is 9.88 Å². The van der Waals surface area contributed by atoms with E-state index in [1.807, 2.05) is 6.07 Å². The van der Waals surface area contributed by atoms with E-state index in [-0.39, 0.29) is 5.91 Å². The van der Waals surface area contributed by atoms with Crippen LogP contribution in [-0.4, -0.2) is 28.9 Å². The summed E-state index contributed by atoms with van der Waals surface area (Å²) < 4.78 is 0. The number of likely N-dealkylation sites (tertiary alicyclic amines) is 1. The molecular formula is C21H29N3OS. The molecule has 0 aromatic carbocycles. The molecule has 26 heavy (non-hydrogen) atoms. The van der Waals surface area contributed by atoms with Gasteiger partial charge in [0.2, 0.25) is 5.91 Å². The van der Waals surface area contributed by atoms with Crippen molar-refractivity contribution in [2.45, 2.75) is 53.0 Å². The Labute approximate surface area is 160 Å². The normalized spacial score (nSPS) is 19.3. The first-order valence-electron chi connectivity index (χ1n) is 9.46. The number of anilines is 1. The van der Waals surface area contributed by atoms with Gasteiger partial charge in [0.25, 0.3) is 0 Å². The molecule has 2 aromatic heterocycles. The molecular weight excluding hydrogens is 342 g/mol. The van der Waals surface area contributed by atoms with Gasteiger partial charge in [0.05, 0.1) is 5.00 Å². The third-order valence-electron chi connectivity index (χ3n) is 5.10. The minimum absolute atomic E-state index is 0.00738. The van der Waals surface area contributed by atoms with Crippen LogP contribution in [0.15, 0.2) is 24.3 Å². The van der Waals surface area contributed by atoms with Gasteiger partial charge < -0.3 is 5.32 Å². The fourth-order valence-corrected chi connectivity index (χ4v) is 5.03. The quantitative estimate of drug-likeness (QED) is 0.826. The van der Waals surface area contributed by atoms with E-state index in [4.69, 9.17) is 0 Å². The Bertz CT molecular complexity index is 750. The molecule has 2 atom stereocenters. The summed E-state index contributed by atoms with van der Waals surface area (Å²) in [6.07, 6.45) is 3.68. The van der Waals surface area contributed by atoms with Gasteiger partial charge in [-0.15, -0.1) is 11.3 Å². The van der Waals surface area contributed by atoms with Gasteiger partial charge in [-0.3, -0.25) is 14.7 Å². The van der Waals surface area contributed by atoms with Gasteiger partial charge >= 0.3 is 0 Å². The summed E-state index contributed by atoms with van der Waals surface area (Å²) in [5.74, 6) is 0.689. The molecule has 0 radical (unpaired) electrons. The number of rotatable bonds is 5. The van der Waals surface area contributed by atoms with E-state index in [2.05, 4.69) is 54.2 Å². The van der Waals surface area contributed by atoms with Crippen LogP contribution in [0, 0.1) is 19.8 Å². The number of hydrogen-bond acceptors (Lipinski definition) is 4. The number of amides is 1.